The normalized spacial score (nSPS) is 13.3. The van der Waals surface area contributed by atoms with Crippen LogP contribution in [0, 0.1) is 16.4 Å². The molecule has 162 valence electrons. The fourth-order valence-electron chi connectivity index (χ4n) is 2.53. The number of thiazole rings is 1. The van der Waals surface area contributed by atoms with Crippen LogP contribution in [0.2, 0.25) is 5.02 Å². The fourth-order valence-corrected chi connectivity index (χ4v) is 4.70. The summed E-state index contributed by atoms with van der Waals surface area (Å²) in [5.74, 6) is -0.975. The molecule has 0 aliphatic heterocycles. The van der Waals surface area contributed by atoms with Gasteiger partial charge in [-0.25, -0.2) is 17.8 Å². The zero-order chi connectivity index (χ0) is 21.8. The molecule has 1 unspecified atom stereocenters. The van der Waals surface area contributed by atoms with Crippen LogP contribution in [-0.4, -0.2) is 33.0 Å². The standard InChI is InChI=1S/C18H25ClF2N4O2S2/c1-18(2,3)6-5-11(22-4)9-23-14-8-13(20)15(7-12(14)19)29(26,27)25-17-24-10-16(21)28-17/h7-8,10-11,22-23H,5-6,9H2,1-4H3,(H,24,25). The highest BCUT2D eigenvalue weighted by molar-refractivity contribution is 7.93. The maximum absolute atomic E-state index is 14.5. The molecule has 1 heterocycles. The summed E-state index contributed by atoms with van der Waals surface area (Å²) < 4.78 is 54.4. The van der Waals surface area contributed by atoms with Crippen molar-refractivity contribution >= 4 is 43.8 Å². The summed E-state index contributed by atoms with van der Waals surface area (Å²) in [7, 11) is -2.45. The Labute approximate surface area is 179 Å². The molecule has 0 fully saturated rings. The van der Waals surface area contributed by atoms with Crippen molar-refractivity contribution in [1.82, 2.24) is 10.3 Å². The quantitative estimate of drug-likeness (QED) is 0.499. The average Bonchev–Trinajstić information content (AvgIpc) is 3.00. The monoisotopic (exact) mass is 466 g/mol. The lowest BCUT2D eigenvalue weighted by Crippen LogP contribution is -2.33. The fraction of sp³-hybridized carbons (Fsp3) is 0.500. The van der Waals surface area contributed by atoms with Crippen molar-refractivity contribution in [3.8, 4) is 0 Å². The lowest BCUT2D eigenvalue weighted by atomic mass is 9.88. The number of nitrogens with one attached hydrogen (secondary N) is 3. The van der Waals surface area contributed by atoms with Crippen LogP contribution in [0.25, 0.3) is 0 Å². The van der Waals surface area contributed by atoms with Crippen molar-refractivity contribution in [3.05, 3.63) is 34.3 Å². The predicted molar refractivity (Wildman–Crippen MR) is 114 cm³/mol. The molecule has 2 rings (SSSR count). The number of likely N-dealkylation sites (N-methyl/N-ethyl adjacent to an activating group) is 1. The second-order valence-corrected chi connectivity index (χ2v) is 10.8. The zero-order valence-corrected chi connectivity index (χ0v) is 19.0. The number of benzene rings is 1. The van der Waals surface area contributed by atoms with Crippen LogP contribution < -0.4 is 15.4 Å². The third-order valence-electron chi connectivity index (χ3n) is 4.20. The Hall–Kier alpha value is -1.49. The number of halogens is 3. The minimum absolute atomic E-state index is 0.0581. The Morgan fingerprint density at radius 3 is 2.52 bits per heavy atom. The largest absolute Gasteiger partial charge is 0.382 e. The molecule has 0 amide bonds. The van der Waals surface area contributed by atoms with Gasteiger partial charge in [-0.2, -0.15) is 4.39 Å². The minimum Gasteiger partial charge on any atom is -0.382 e. The van der Waals surface area contributed by atoms with Crippen LogP contribution in [0.5, 0.6) is 0 Å². The molecule has 1 aromatic carbocycles. The second kappa shape index (κ2) is 9.55. The molecular formula is C18H25ClF2N4O2S2. The van der Waals surface area contributed by atoms with Crippen LogP contribution in [-0.2, 0) is 10.0 Å². The zero-order valence-electron chi connectivity index (χ0n) is 16.6. The second-order valence-electron chi connectivity index (χ2n) is 7.80. The van der Waals surface area contributed by atoms with Crippen LogP contribution in [0.4, 0.5) is 19.6 Å². The first-order valence-electron chi connectivity index (χ1n) is 8.95. The summed E-state index contributed by atoms with van der Waals surface area (Å²) in [6.45, 7) is 6.97. The Morgan fingerprint density at radius 2 is 1.97 bits per heavy atom. The molecule has 1 aromatic heterocycles. The van der Waals surface area contributed by atoms with Gasteiger partial charge in [0.25, 0.3) is 10.0 Å². The van der Waals surface area contributed by atoms with Gasteiger partial charge in [0.05, 0.1) is 16.9 Å². The van der Waals surface area contributed by atoms with E-state index in [4.69, 9.17) is 11.6 Å². The van der Waals surface area contributed by atoms with Crippen molar-refractivity contribution in [2.75, 3.05) is 23.6 Å². The molecule has 0 bridgehead atoms. The molecule has 3 N–H and O–H groups in total. The highest BCUT2D eigenvalue weighted by Gasteiger charge is 2.23. The maximum Gasteiger partial charge on any atom is 0.266 e. The molecule has 0 radical (unpaired) electrons. The molecule has 0 saturated carbocycles. The summed E-state index contributed by atoms with van der Waals surface area (Å²) >= 11 is 6.68. The van der Waals surface area contributed by atoms with Gasteiger partial charge in [0.1, 0.15) is 10.7 Å². The van der Waals surface area contributed by atoms with Crippen LogP contribution in [0.15, 0.2) is 23.2 Å². The van der Waals surface area contributed by atoms with Crippen molar-refractivity contribution in [2.24, 2.45) is 5.41 Å². The average molecular weight is 467 g/mol. The molecule has 0 aliphatic carbocycles. The number of rotatable bonds is 9. The molecule has 0 aliphatic rings. The first kappa shape index (κ1) is 23.8. The van der Waals surface area contributed by atoms with E-state index in [0.29, 0.717) is 23.6 Å². The summed E-state index contributed by atoms with van der Waals surface area (Å²) in [6, 6.07) is 2.20. The number of hydrogen-bond donors (Lipinski definition) is 3. The van der Waals surface area contributed by atoms with Gasteiger partial charge < -0.3 is 10.6 Å². The number of aromatic nitrogens is 1. The first-order valence-corrected chi connectivity index (χ1v) is 11.6. The highest BCUT2D eigenvalue weighted by atomic mass is 35.5. The van der Waals surface area contributed by atoms with Crippen LogP contribution in [0.1, 0.15) is 33.6 Å². The summed E-state index contributed by atoms with van der Waals surface area (Å²) in [5.41, 5.74) is 0.488. The summed E-state index contributed by atoms with van der Waals surface area (Å²) in [5, 5.41) is 5.46. The van der Waals surface area contributed by atoms with Gasteiger partial charge in [-0.05, 0) is 37.4 Å². The molecule has 0 spiro atoms. The van der Waals surface area contributed by atoms with Crippen molar-refractivity contribution in [1.29, 1.82) is 0 Å². The van der Waals surface area contributed by atoms with Gasteiger partial charge in [-0.1, -0.05) is 43.7 Å². The van der Waals surface area contributed by atoms with E-state index in [0.717, 1.165) is 31.2 Å². The van der Waals surface area contributed by atoms with E-state index in [9.17, 15) is 17.2 Å². The summed E-state index contributed by atoms with van der Waals surface area (Å²) in [6.07, 6.45) is 2.78. The van der Waals surface area contributed by atoms with Crippen LogP contribution >= 0.6 is 22.9 Å². The van der Waals surface area contributed by atoms with E-state index in [1.165, 1.54) is 0 Å². The van der Waals surface area contributed by atoms with Gasteiger partial charge >= 0.3 is 0 Å². The number of nitrogens with zero attached hydrogens (tertiary/aromatic N) is 1. The molecule has 1 atom stereocenters. The SMILES string of the molecule is CNC(CCC(C)(C)C)CNc1cc(F)c(S(=O)(=O)Nc2ncc(F)s2)cc1Cl. The van der Waals surface area contributed by atoms with Gasteiger partial charge in [0.15, 0.2) is 10.3 Å². The van der Waals surface area contributed by atoms with E-state index in [1.807, 2.05) is 11.8 Å². The van der Waals surface area contributed by atoms with Gasteiger partial charge in [-0.15, -0.1) is 0 Å². The van der Waals surface area contributed by atoms with E-state index in [2.05, 4.69) is 36.4 Å². The van der Waals surface area contributed by atoms with Crippen molar-refractivity contribution in [3.63, 3.8) is 0 Å². The van der Waals surface area contributed by atoms with E-state index >= 15 is 0 Å². The summed E-state index contributed by atoms with van der Waals surface area (Å²) in [4.78, 5) is 2.93. The molecule has 2 aromatic rings. The maximum atomic E-state index is 14.5. The number of anilines is 2. The minimum atomic E-state index is -4.30. The van der Waals surface area contributed by atoms with Crippen molar-refractivity contribution in [2.45, 2.75) is 44.6 Å². The first-order chi connectivity index (χ1) is 13.4. The Bertz CT molecular complexity index is 946. The number of sulfonamides is 1. The third-order valence-corrected chi connectivity index (χ3v) is 6.70. The Morgan fingerprint density at radius 1 is 1.28 bits per heavy atom. The van der Waals surface area contributed by atoms with E-state index in [-0.39, 0.29) is 21.6 Å². The van der Waals surface area contributed by atoms with Crippen molar-refractivity contribution < 1.29 is 17.2 Å². The van der Waals surface area contributed by atoms with E-state index in [1.54, 1.807) is 0 Å². The van der Waals surface area contributed by atoms with E-state index < -0.39 is 25.9 Å². The number of hydrogen-bond acceptors (Lipinski definition) is 6. The van der Waals surface area contributed by atoms with Gasteiger partial charge in [0, 0.05) is 12.6 Å². The van der Waals surface area contributed by atoms with Crippen LogP contribution in [0.3, 0.4) is 0 Å². The topological polar surface area (TPSA) is 83.1 Å². The molecular weight excluding hydrogens is 442 g/mol. The lowest BCUT2D eigenvalue weighted by molar-refractivity contribution is 0.339. The predicted octanol–water partition coefficient (Wildman–Crippen LogP) is 4.70. The Balaban J connectivity index is 2.12. The smallest absolute Gasteiger partial charge is 0.266 e. The molecule has 11 heteroatoms. The lowest BCUT2D eigenvalue weighted by Gasteiger charge is -2.23. The van der Waals surface area contributed by atoms with Gasteiger partial charge in [-0.3, -0.25) is 4.72 Å². The third kappa shape index (κ3) is 7.06. The molecule has 6 nitrogen and oxygen atoms in total. The van der Waals surface area contributed by atoms with Gasteiger partial charge in [0.2, 0.25) is 0 Å². The highest BCUT2D eigenvalue weighted by Crippen LogP contribution is 2.30. The molecule has 29 heavy (non-hydrogen) atoms. The Kier molecular flexibility index (Phi) is 7.83. The molecule has 0 saturated heterocycles.